The number of hydrogen-bond donors (Lipinski definition) is 4. The fraction of sp³-hybridized carbons (Fsp3) is 0.407. The predicted octanol–water partition coefficient (Wildman–Crippen LogP) is 4.44. The average Bonchev–Trinajstić information content (AvgIpc) is 2.91. The molecule has 0 bridgehead atoms. The maximum Gasteiger partial charge on any atom is 0.490 e. The van der Waals surface area contributed by atoms with Gasteiger partial charge in [0, 0.05) is 43.7 Å². The maximum atomic E-state index is 12.6. The molecule has 4 N–H and O–H groups in total. The first-order valence-corrected chi connectivity index (χ1v) is 12.6. The van der Waals surface area contributed by atoms with Gasteiger partial charge >= 0.3 is 24.3 Å². The number of H-pyrrole nitrogens is 1. The van der Waals surface area contributed by atoms with Gasteiger partial charge in [-0.05, 0) is 25.3 Å². The van der Waals surface area contributed by atoms with Gasteiger partial charge in [-0.15, -0.1) is 6.58 Å². The van der Waals surface area contributed by atoms with E-state index in [1.54, 1.807) is 0 Å². The van der Waals surface area contributed by atoms with Gasteiger partial charge in [-0.2, -0.15) is 26.3 Å². The van der Waals surface area contributed by atoms with Crippen LogP contribution < -0.4 is 10.9 Å². The number of rotatable bonds is 5. The van der Waals surface area contributed by atoms with Crippen LogP contribution in [0.4, 0.5) is 26.3 Å². The van der Waals surface area contributed by atoms with Crippen LogP contribution in [0.25, 0.3) is 11.4 Å². The largest absolute Gasteiger partial charge is 0.490 e. The lowest BCUT2D eigenvalue weighted by atomic mass is 9.97. The number of carboxylic acid groups (broad SMARTS) is 2. The molecule has 2 aliphatic heterocycles. The zero-order valence-corrected chi connectivity index (χ0v) is 22.4. The highest BCUT2D eigenvalue weighted by Crippen LogP contribution is 2.27. The van der Waals surface area contributed by atoms with Crippen molar-refractivity contribution in [1.82, 2.24) is 20.2 Å². The molecule has 42 heavy (non-hydrogen) atoms. The number of halogens is 6. The molecule has 0 saturated heterocycles. The lowest BCUT2D eigenvalue weighted by Gasteiger charge is -2.37. The highest BCUT2D eigenvalue weighted by Gasteiger charge is 2.39. The number of nitrogens with one attached hydrogen (secondary N) is 2. The summed E-state index contributed by atoms with van der Waals surface area (Å²) in [7, 11) is 0. The van der Waals surface area contributed by atoms with Gasteiger partial charge in [0.1, 0.15) is 5.82 Å². The van der Waals surface area contributed by atoms with Crippen molar-refractivity contribution in [3.05, 3.63) is 76.2 Å². The Morgan fingerprint density at radius 3 is 2.29 bits per heavy atom. The van der Waals surface area contributed by atoms with Crippen molar-refractivity contribution in [1.29, 1.82) is 0 Å². The molecule has 15 heteroatoms. The van der Waals surface area contributed by atoms with Gasteiger partial charge in [0.15, 0.2) is 0 Å². The molecule has 1 aromatic carbocycles. The molecule has 0 unspecified atom stereocenters. The lowest BCUT2D eigenvalue weighted by Crippen LogP contribution is -2.42. The minimum absolute atomic E-state index is 0.0270. The fourth-order valence-corrected chi connectivity index (χ4v) is 4.28. The van der Waals surface area contributed by atoms with Crippen molar-refractivity contribution in [2.75, 3.05) is 6.54 Å². The molecule has 2 aliphatic rings. The van der Waals surface area contributed by atoms with E-state index in [2.05, 4.69) is 59.1 Å². The number of fused-ring (bicyclic) bond motifs is 1. The van der Waals surface area contributed by atoms with Gasteiger partial charge in [0.25, 0.3) is 5.56 Å². The van der Waals surface area contributed by atoms with Crippen LogP contribution in [-0.4, -0.2) is 68.0 Å². The normalized spacial score (nSPS) is 18.5. The van der Waals surface area contributed by atoms with Crippen molar-refractivity contribution in [2.45, 2.75) is 63.7 Å². The van der Waals surface area contributed by atoms with Gasteiger partial charge in [0.2, 0.25) is 0 Å². The SMILES string of the molecule is C=CC[C@@H]1CC=C[C@@H](C)N1Cc1ccccc1-c1nc2c(c(=O)[nH]1)CNCC2.O=C(O)C(F)(F)F.O=C(O)C(F)(F)F. The molecule has 230 valence electrons. The molecule has 3 heterocycles. The van der Waals surface area contributed by atoms with Crippen molar-refractivity contribution >= 4 is 11.9 Å². The standard InChI is InChI=1S/C23H28N4O.2C2HF3O2/c1-3-7-18-10-6-8-16(2)27(18)15-17-9-4-5-11-19(17)22-25-21-12-13-24-14-20(21)23(28)26-22;2*3-2(4,5)1(6)7/h3-6,8-9,11,16,18,24H,1,7,10,12-15H2,2H3,(H,25,26,28);2*(H,6,7)/t16-,18-;;/m1../s1. The highest BCUT2D eigenvalue weighted by molar-refractivity contribution is 5.73. The summed E-state index contributed by atoms with van der Waals surface area (Å²) in [6.07, 6.45) is -0.807. The first kappa shape index (κ1) is 34.2. The predicted molar refractivity (Wildman–Crippen MR) is 140 cm³/mol. The highest BCUT2D eigenvalue weighted by atomic mass is 19.4. The zero-order chi connectivity index (χ0) is 31.7. The molecule has 0 aliphatic carbocycles. The summed E-state index contributed by atoms with van der Waals surface area (Å²) >= 11 is 0. The molecule has 1 aromatic heterocycles. The van der Waals surface area contributed by atoms with Crippen LogP contribution >= 0.6 is 0 Å². The van der Waals surface area contributed by atoms with E-state index in [0.29, 0.717) is 24.5 Å². The third-order valence-electron chi connectivity index (χ3n) is 6.31. The van der Waals surface area contributed by atoms with Crippen molar-refractivity contribution in [2.24, 2.45) is 0 Å². The van der Waals surface area contributed by atoms with Crippen LogP contribution in [-0.2, 0) is 29.1 Å². The molecule has 0 radical (unpaired) electrons. The Kier molecular flexibility index (Phi) is 12.0. The van der Waals surface area contributed by atoms with Crippen LogP contribution in [0.15, 0.2) is 53.9 Å². The number of benzene rings is 1. The molecule has 4 rings (SSSR count). The van der Waals surface area contributed by atoms with E-state index in [4.69, 9.17) is 24.8 Å². The van der Waals surface area contributed by atoms with Gasteiger partial charge < -0.3 is 20.5 Å². The Labute approximate surface area is 236 Å². The number of carboxylic acids is 2. The first-order valence-electron chi connectivity index (χ1n) is 12.6. The third kappa shape index (κ3) is 9.83. The molecule has 0 fully saturated rings. The number of aliphatic carboxylic acids is 2. The quantitative estimate of drug-likeness (QED) is 0.291. The van der Waals surface area contributed by atoms with Gasteiger partial charge in [-0.25, -0.2) is 14.6 Å². The number of carbonyl (C=O) groups is 2. The summed E-state index contributed by atoms with van der Waals surface area (Å²) in [6, 6.07) is 9.10. The van der Waals surface area contributed by atoms with Crippen molar-refractivity contribution in [3.63, 3.8) is 0 Å². The number of hydrogen-bond acceptors (Lipinski definition) is 6. The fourth-order valence-electron chi connectivity index (χ4n) is 4.28. The molecule has 2 aromatic rings. The number of aromatic nitrogens is 2. The summed E-state index contributed by atoms with van der Waals surface area (Å²) < 4.78 is 63.5. The van der Waals surface area contributed by atoms with Crippen molar-refractivity contribution < 1.29 is 46.1 Å². The second kappa shape index (κ2) is 14.8. The Hall–Kier alpha value is -3.98. The van der Waals surface area contributed by atoms with Gasteiger partial charge in [-0.3, -0.25) is 9.69 Å². The van der Waals surface area contributed by atoms with Gasteiger partial charge in [0.05, 0.1) is 11.3 Å². The van der Waals surface area contributed by atoms with Gasteiger partial charge in [-0.1, -0.05) is 42.5 Å². The van der Waals surface area contributed by atoms with E-state index < -0.39 is 24.3 Å². The molecular formula is C27H30F6N4O5. The van der Waals surface area contributed by atoms with E-state index in [1.165, 1.54) is 5.56 Å². The zero-order valence-electron chi connectivity index (χ0n) is 22.4. The number of aromatic amines is 1. The van der Waals surface area contributed by atoms with Crippen molar-refractivity contribution in [3.8, 4) is 11.4 Å². The summed E-state index contributed by atoms with van der Waals surface area (Å²) in [5.41, 5.74) is 3.87. The van der Waals surface area contributed by atoms with Crippen LogP contribution in [0.3, 0.4) is 0 Å². The Balaban J connectivity index is 0.000000367. The molecule has 2 atom stereocenters. The van der Waals surface area contributed by atoms with E-state index in [0.717, 1.165) is 49.2 Å². The minimum Gasteiger partial charge on any atom is -0.475 e. The van der Waals surface area contributed by atoms with E-state index in [1.807, 2.05) is 12.1 Å². The van der Waals surface area contributed by atoms with Crippen LogP contribution in [0.2, 0.25) is 0 Å². The molecular weight excluding hydrogens is 574 g/mol. The molecule has 0 amide bonds. The maximum absolute atomic E-state index is 12.6. The van der Waals surface area contributed by atoms with E-state index in [-0.39, 0.29) is 5.56 Å². The minimum atomic E-state index is -5.08. The number of nitrogens with zero attached hydrogens (tertiary/aromatic N) is 2. The topological polar surface area (TPSA) is 136 Å². The Morgan fingerprint density at radius 2 is 1.71 bits per heavy atom. The molecule has 0 saturated carbocycles. The first-order chi connectivity index (χ1) is 19.6. The Bertz CT molecular complexity index is 1320. The molecule has 9 nitrogen and oxygen atoms in total. The smallest absolute Gasteiger partial charge is 0.475 e. The van der Waals surface area contributed by atoms with Crippen LogP contribution in [0.5, 0.6) is 0 Å². The third-order valence-corrected chi connectivity index (χ3v) is 6.31. The summed E-state index contributed by atoms with van der Waals surface area (Å²) in [5.74, 6) is -4.83. The molecule has 0 spiro atoms. The summed E-state index contributed by atoms with van der Waals surface area (Å²) in [4.78, 5) is 40.7. The lowest BCUT2D eigenvalue weighted by molar-refractivity contribution is -0.193. The van der Waals surface area contributed by atoms with E-state index >= 15 is 0 Å². The average molecular weight is 605 g/mol. The number of alkyl halides is 6. The van der Waals surface area contributed by atoms with E-state index in [9.17, 15) is 31.1 Å². The summed E-state index contributed by atoms with van der Waals surface area (Å²) in [6.45, 7) is 8.45. The monoisotopic (exact) mass is 604 g/mol. The Morgan fingerprint density at radius 1 is 1.12 bits per heavy atom. The summed E-state index contributed by atoms with van der Waals surface area (Å²) in [5, 5.41) is 17.5. The van der Waals surface area contributed by atoms with Crippen LogP contribution in [0.1, 0.15) is 36.6 Å². The van der Waals surface area contributed by atoms with Crippen LogP contribution in [0, 0.1) is 0 Å². The second-order valence-electron chi connectivity index (χ2n) is 9.28. The second-order valence-corrected chi connectivity index (χ2v) is 9.28.